The molecule has 3 aromatic rings. The number of alkyl halides is 5. The van der Waals surface area contributed by atoms with Crippen LogP contribution in [0, 0.1) is 0 Å². The van der Waals surface area contributed by atoms with Crippen molar-refractivity contribution in [3.63, 3.8) is 0 Å². The molecule has 40 heavy (non-hydrogen) atoms. The van der Waals surface area contributed by atoms with Crippen LogP contribution in [0.15, 0.2) is 30.5 Å². The van der Waals surface area contributed by atoms with Crippen molar-refractivity contribution in [1.29, 1.82) is 0 Å². The minimum Gasteiger partial charge on any atom is -0.489 e. The van der Waals surface area contributed by atoms with Gasteiger partial charge in [0.2, 0.25) is 0 Å². The van der Waals surface area contributed by atoms with Crippen molar-refractivity contribution in [1.82, 2.24) is 14.4 Å². The molecule has 3 aliphatic rings. The monoisotopic (exact) mass is 590 g/mol. The van der Waals surface area contributed by atoms with Crippen LogP contribution in [-0.2, 0) is 14.9 Å². The number of halogens is 6. The van der Waals surface area contributed by atoms with Gasteiger partial charge in [-0.2, -0.15) is 13.2 Å². The van der Waals surface area contributed by atoms with Crippen molar-refractivity contribution >= 4 is 34.8 Å². The number of carboxylic acids is 1. The lowest BCUT2D eigenvalue weighted by Gasteiger charge is -2.41. The van der Waals surface area contributed by atoms with Gasteiger partial charge in [0.05, 0.1) is 24.0 Å². The molecular weight excluding hydrogens is 567 g/mol. The highest BCUT2D eigenvalue weighted by Gasteiger charge is 2.62. The minimum absolute atomic E-state index is 0.121. The van der Waals surface area contributed by atoms with Crippen LogP contribution in [0.25, 0.3) is 5.65 Å². The highest BCUT2D eigenvalue weighted by Crippen LogP contribution is 2.59. The number of carboxylic acid groups (broad SMARTS) is 1. The van der Waals surface area contributed by atoms with E-state index in [0.29, 0.717) is 28.8 Å². The Bertz CT molecular complexity index is 1450. The molecule has 2 aliphatic heterocycles. The van der Waals surface area contributed by atoms with Crippen LogP contribution in [0.1, 0.15) is 61.9 Å². The molecular formula is C25H24ClF5N4O5. The normalized spacial score (nSPS) is 21.7. The molecule has 0 aromatic carbocycles. The number of imidazole rings is 1. The van der Waals surface area contributed by atoms with Crippen molar-refractivity contribution in [2.45, 2.75) is 63.3 Å². The maximum Gasteiger partial charge on any atom is 0.490 e. The summed E-state index contributed by atoms with van der Waals surface area (Å²) in [5.41, 5.74) is 0.751. The average molecular weight is 591 g/mol. The number of nitrogens with zero attached hydrogens (tertiary/aromatic N) is 3. The number of amides is 1. The topological polar surface area (TPSA) is 115 Å². The van der Waals surface area contributed by atoms with Crippen LogP contribution < -0.4 is 10.1 Å². The first-order valence-corrected chi connectivity index (χ1v) is 12.3. The maximum absolute atomic E-state index is 13.0. The summed E-state index contributed by atoms with van der Waals surface area (Å²) in [6, 6.07) is 5.62. The molecule has 0 spiro atoms. The van der Waals surface area contributed by atoms with Gasteiger partial charge in [-0.25, -0.2) is 23.5 Å². The smallest absolute Gasteiger partial charge is 0.489 e. The first-order chi connectivity index (χ1) is 18.5. The Balaban J connectivity index is 0.000000470. The first-order valence-electron chi connectivity index (χ1n) is 11.9. The number of aliphatic carboxylic acids is 1. The molecule has 1 aliphatic carbocycles. The molecule has 9 nitrogen and oxygen atoms in total. The highest BCUT2D eigenvalue weighted by atomic mass is 35.5. The molecule has 2 bridgehead atoms. The maximum atomic E-state index is 13.0. The third kappa shape index (κ3) is 5.82. The number of pyridine rings is 2. The van der Waals surface area contributed by atoms with E-state index in [1.54, 1.807) is 16.7 Å². The fraction of sp³-hybridized carbons (Fsp3) is 0.440. The van der Waals surface area contributed by atoms with E-state index in [9.17, 15) is 26.7 Å². The number of carbonyl (C=O) groups excluding carboxylic acids is 1. The molecule has 3 aromatic heterocycles. The van der Waals surface area contributed by atoms with E-state index >= 15 is 0 Å². The van der Waals surface area contributed by atoms with Gasteiger partial charge in [0.15, 0.2) is 0 Å². The first kappa shape index (κ1) is 29.5. The molecule has 216 valence electrons. The fourth-order valence-corrected chi connectivity index (χ4v) is 5.22. The molecule has 6 rings (SSSR count). The third-order valence-electron chi connectivity index (χ3n) is 6.37. The summed E-state index contributed by atoms with van der Waals surface area (Å²) >= 11 is 6.73. The van der Waals surface area contributed by atoms with Crippen LogP contribution >= 0.6 is 11.6 Å². The second-order valence-electron chi connectivity index (χ2n) is 10.1. The van der Waals surface area contributed by atoms with Crippen molar-refractivity contribution in [3.05, 3.63) is 52.7 Å². The van der Waals surface area contributed by atoms with Gasteiger partial charge in [0.1, 0.15) is 33.6 Å². The molecule has 0 atom stereocenters. The van der Waals surface area contributed by atoms with E-state index in [4.69, 9.17) is 36.0 Å². The van der Waals surface area contributed by atoms with Crippen molar-refractivity contribution in [2.24, 2.45) is 0 Å². The molecule has 1 saturated carbocycles. The van der Waals surface area contributed by atoms with Gasteiger partial charge in [-0.3, -0.25) is 9.20 Å². The zero-order valence-corrected chi connectivity index (χ0v) is 22.1. The number of hydrogen-bond donors (Lipinski definition) is 2. The number of aromatic nitrogens is 3. The number of rotatable bonds is 6. The summed E-state index contributed by atoms with van der Waals surface area (Å²) in [6.45, 7) is 6.37. The molecule has 2 saturated heterocycles. The standard InChI is InChI=1S/C23H23ClF2N4O3.C2HF3O2/c1-12(2)33-16-7-17-29-18(23-9-22(3,10-23)32-11-23)19(24)30(17)8-15(16)28-21(31)14-6-4-5-13(27-14)20(25)26;3-2(4,5)1(6)7/h4-8,12,20H,9-11H2,1-3H3,(H,28,31);(H,6,7). The van der Waals surface area contributed by atoms with Gasteiger partial charge in [-0.1, -0.05) is 17.7 Å². The van der Waals surface area contributed by atoms with Crippen LogP contribution in [-0.4, -0.2) is 55.8 Å². The number of fused-ring (bicyclic) bond motifs is 2. The molecule has 0 unspecified atom stereocenters. The lowest BCUT2D eigenvalue weighted by Crippen LogP contribution is -2.45. The quantitative estimate of drug-likeness (QED) is 0.348. The van der Waals surface area contributed by atoms with Gasteiger partial charge in [-0.15, -0.1) is 0 Å². The molecule has 5 heterocycles. The number of hydrogen-bond acceptors (Lipinski definition) is 6. The number of carbonyl (C=O) groups is 2. The van der Waals surface area contributed by atoms with Gasteiger partial charge in [0.25, 0.3) is 12.3 Å². The Kier molecular flexibility index (Phi) is 7.71. The Morgan fingerprint density at radius 3 is 2.40 bits per heavy atom. The summed E-state index contributed by atoms with van der Waals surface area (Å²) in [5, 5.41) is 10.3. The lowest BCUT2D eigenvalue weighted by atomic mass is 9.62. The predicted molar refractivity (Wildman–Crippen MR) is 132 cm³/mol. The van der Waals surface area contributed by atoms with Crippen LogP contribution in [0.2, 0.25) is 5.15 Å². The van der Waals surface area contributed by atoms with Gasteiger partial charge in [-0.05, 0) is 45.7 Å². The summed E-state index contributed by atoms with van der Waals surface area (Å²) < 4.78 is 71.2. The summed E-state index contributed by atoms with van der Waals surface area (Å²) in [5.74, 6) is -3.00. The van der Waals surface area contributed by atoms with Crippen LogP contribution in [0.5, 0.6) is 5.75 Å². The zero-order chi connectivity index (χ0) is 29.6. The second kappa shape index (κ2) is 10.5. The largest absolute Gasteiger partial charge is 0.490 e. The second-order valence-corrected chi connectivity index (χ2v) is 10.4. The Morgan fingerprint density at radius 2 is 1.88 bits per heavy atom. The number of nitrogens with one attached hydrogen (secondary N) is 1. The van der Waals surface area contributed by atoms with E-state index in [1.807, 2.05) is 13.8 Å². The van der Waals surface area contributed by atoms with E-state index in [0.717, 1.165) is 18.5 Å². The molecule has 15 heteroatoms. The SMILES string of the molecule is CC(C)Oc1cc2nc(C34COC(C)(C3)C4)c(Cl)n2cc1NC(=O)c1cccc(C(F)F)n1.O=C(O)C(F)(F)F. The number of ether oxygens (including phenoxy) is 2. The highest BCUT2D eigenvalue weighted by molar-refractivity contribution is 6.30. The summed E-state index contributed by atoms with van der Waals surface area (Å²) in [6.07, 6.45) is -4.69. The average Bonchev–Trinajstić information content (AvgIpc) is 3.47. The van der Waals surface area contributed by atoms with E-state index in [-0.39, 0.29) is 22.8 Å². The van der Waals surface area contributed by atoms with Crippen LogP contribution in [0.4, 0.5) is 27.6 Å². The van der Waals surface area contributed by atoms with E-state index in [2.05, 4.69) is 17.2 Å². The Labute approximate surface area is 229 Å². The van der Waals surface area contributed by atoms with Crippen molar-refractivity contribution < 1.29 is 46.1 Å². The molecule has 1 amide bonds. The molecule has 2 N–H and O–H groups in total. The Morgan fingerprint density at radius 1 is 1.23 bits per heavy atom. The van der Waals surface area contributed by atoms with Gasteiger partial charge < -0.3 is 19.9 Å². The molecule has 0 radical (unpaired) electrons. The van der Waals surface area contributed by atoms with Gasteiger partial charge in [0, 0.05) is 17.7 Å². The summed E-state index contributed by atoms with van der Waals surface area (Å²) in [7, 11) is 0. The fourth-order valence-electron chi connectivity index (χ4n) is 4.84. The van der Waals surface area contributed by atoms with E-state index < -0.39 is 30.2 Å². The third-order valence-corrected chi connectivity index (χ3v) is 6.73. The van der Waals surface area contributed by atoms with Crippen LogP contribution in [0.3, 0.4) is 0 Å². The number of anilines is 1. The Hall–Kier alpha value is -3.52. The van der Waals surface area contributed by atoms with E-state index in [1.165, 1.54) is 18.2 Å². The minimum atomic E-state index is -5.08. The summed E-state index contributed by atoms with van der Waals surface area (Å²) in [4.78, 5) is 30.2. The molecule has 3 fully saturated rings. The zero-order valence-electron chi connectivity index (χ0n) is 21.4. The predicted octanol–water partition coefficient (Wildman–Crippen LogP) is 5.81. The van der Waals surface area contributed by atoms with Crippen molar-refractivity contribution in [3.8, 4) is 5.75 Å². The lowest BCUT2D eigenvalue weighted by molar-refractivity contribution is -0.192. The van der Waals surface area contributed by atoms with Gasteiger partial charge >= 0.3 is 12.1 Å². The van der Waals surface area contributed by atoms with Crippen molar-refractivity contribution in [2.75, 3.05) is 11.9 Å².